The standard InChI is InChI=1S/C19H19F2N3O2.ClH/c20-14-3-1-2-12(8-14)9-17(25)23-11-18(26)24-16-5-4-13-10-22-7-6-15(13)19(16)21;/h1-5,8,22H,6-7,9-11H2,(H,23,25)(H,24,26);1H. The molecule has 1 aliphatic heterocycles. The zero-order valence-electron chi connectivity index (χ0n) is 14.5. The molecule has 2 amide bonds. The first-order valence-electron chi connectivity index (χ1n) is 8.35. The molecule has 2 aromatic carbocycles. The van der Waals surface area contributed by atoms with Crippen LogP contribution in [-0.2, 0) is 29.0 Å². The number of benzene rings is 2. The van der Waals surface area contributed by atoms with Gasteiger partial charge in [-0.05, 0) is 47.9 Å². The summed E-state index contributed by atoms with van der Waals surface area (Å²) in [6.45, 7) is 1.01. The monoisotopic (exact) mass is 395 g/mol. The smallest absolute Gasteiger partial charge is 0.243 e. The Balaban J connectivity index is 0.00000261. The zero-order chi connectivity index (χ0) is 18.5. The number of nitrogens with one attached hydrogen (secondary N) is 3. The average Bonchev–Trinajstić information content (AvgIpc) is 2.63. The predicted octanol–water partition coefficient (Wildman–Crippen LogP) is 2.33. The van der Waals surface area contributed by atoms with Crippen LogP contribution in [0.5, 0.6) is 0 Å². The third-order valence-electron chi connectivity index (χ3n) is 4.18. The van der Waals surface area contributed by atoms with Crippen molar-refractivity contribution in [2.24, 2.45) is 0 Å². The SMILES string of the molecule is Cl.O=C(Cc1cccc(F)c1)NCC(=O)Nc1ccc2c(c1F)CCNC2. The van der Waals surface area contributed by atoms with Gasteiger partial charge in [0.25, 0.3) is 0 Å². The van der Waals surface area contributed by atoms with E-state index >= 15 is 0 Å². The maximum absolute atomic E-state index is 14.5. The lowest BCUT2D eigenvalue weighted by Crippen LogP contribution is -2.34. The van der Waals surface area contributed by atoms with Crippen LogP contribution in [-0.4, -0.2) is 24.9 Å². The van der Waals surface area contributed by atoms with Gasteiger partial charge in [0, 0.05) is 6.54 Å². The fourth-order valence-corrected chi connectivity index (χ4v) is 2.90. The molecule has 8 heteroatoms. The van der Waals surface area contributed by atoms with Crippen LogP contribution in [0.4, 0.5) is 14.5 Å². The molecule has 3 rings (SSSR count). The second kappa shape index (κ2) is 9.43. The van der Waals surface area contributed by atoms with E-state index < -0.39 is 23.4 Å². The van der Waals surface area contributed by atoms with Gasteiger partial charge in [-0.15, -0.1) is 12.4 Å². The van der Waals surface area contributed by atoms with E-state index in [1.807, 2.05) is 0 Å². The zero-order valence-corrected chi connectivity index (χ0v) is 15.3. The van der Waals surface area contributed by atoms with Crippen molar-refractivity contribution in [1.82, 2.24) is 10.6 Å². The molecule has 144 valence electrons. The Morgan fingerprint density at radius 3 is 2.70 bits per heavy atom. The van der Waals surface area contributed by atoms with E-state index in [0.717, 1.165) is 5.56 Å². The average molecular weight is 396 g/mol. The van der Waals surface area contributed by atoms with Crippen molar-refractivity contribution in [3.8, 4) is 0 Å². The first kappa shape index (κ1) is 20.8. The Kier molecular flexibility index (Phi) is 7.27. The van der Waals surface area contributed by atoms with Crippen LogP contribution in [0.2, 0.25) is 0 Å². The van der Waals surface area contributed by atoms with E-state index in [1.54, 1.807) is 12.1 Å². The fourth-order valence-electron chi connectivity index (χ4n) is 2.90. The van der Waals surface area contributed by atoms with Gasteiger partial charge >= 0.3 is 0 Å². The van der Waals surface area contributed by atoms with Gasteiger partial charge in [-0.25, -0.2) is 8.78 Å². The molecule has 0 unspecified atom stereocenters. The molecule has 1 aliphatic rings. The van der Waals surface area contributed by atoms with Crippen LogP contribution in [0.15, 0.2) is 36.4 Å². The van der Waals surface area contributed by atoms with Crippen LogP contribution in [0.1, 0.15) is 16.7 Å². The number of carbonyl (C=O) groups is 2. The van der Waals surface area contributed by atoms with Crippen LogP contribution < -0.4 is 16.0 Å². The summed E-state index contributed by atoms with van der Waals surface area (Å²) in [4.78, 5) is 23.8. The highest BCUT2D eigenvalue weighted by atomic mass is 35.5. The van der Waals surface area contributed by atoms with Gasteiger partial charge < -0.3 is 16.0 Å². The van der Waals surface area contributed by atoms with Crippen molar-refractivity contribution in [3.63, 3.8) is 0 Å². The summed E-state index contributed by atoms with van der Waals surface area (Å²) in [5, 5.41) is 8.09. The third-order valence-corrected chi connectivity index (χ3v) is 4.18. The van der Waals surface area contributed by atoms with Gasteiger partial charge in [0.05, 0.1) is 18.7 Å². The number of anilines is 1. The fraction of sp³-hybridized carbons (Fsp3) is 0.263. The second-order valence-electron chi connectivity index (χ2n) is 6.12. The summed E-state index contributed by atoms with van der Waals surface area (Å²) >= 11 is 0. The van der Waals surface area contributed by atoms with Crippen molar-refractivity contribution in [2.75, 3.05) is 18.4 Å². The lowest BCUT2D eigenvalue weighted by atomic mass is 9.99. The Morgan fingerprint density at radius 1 is 1.11 bits per heavy atom. The van der Waals surface area contributed by atoms with Crippen molar-refractivity contribution < 1.29 is 18.4 Å². The summed E-state index contributed by atoms with van der Waals surface area (Å²) in [7, 11) is 0. The summed E-state index contributed by atoms with van der Waals surface area (Å²) < 4.78 is 27.6. The molecule has 5 nitrogen and oxygen atoms in total. The summed E-state index contributed by atoms with van der Waals surface area (Å²) in [6, 6.07) is 8.99. The molecule has 0 saturated carbocycles. The summed E-state index contributed by atoms with van der Waals surface area (Å²) in [6.07, 6.45) is 0.528. The van der Waals surface area contributed by atoms with Crippen molar-refractivity contribution in [3.05, 3.63) is 64.7 Å². The molecule has 2 aromatic rings. The van der Waals surface area contributed by atoms with Crippen molar-refractivity contribution in [1.29, 1.82) is 0 Å². The van der Waals surface area contributed by atoms with Gasteiger partial charge in [-0.2, -0.15) is 0 Å². The normalized spacial score (nSPS) is 12.5. The van der Waals surface area contributed by atoms with E-state index in [9.17, 15) is 18.4 Å². The quantitative estimate of drug-likeness (QED) is 0.727. The highest BCUT2D eigenvalue weighted by Crippen LogP contribution is 2.24. The molecule has 0 fully saturated rings. The molecule has 1 heterocycles. The van der Waals surface area contributed by atoms with Crippen LogP contribution in [0.25, 0.3) is 0 Å². The molecule has 0 saturated heterocycles. The molecule has 0 spiro atoms. The minimum atomic E-state index is -0.523. The highest BCUT2D eigenvalue weighted by Gasteiger charge is 2.17. The maximum Gasteiger partial charge on any atom is 0.243 e. The van der Waals surface area contributed by atoms with Crippen molar-refractivity contribution >= 4 is 29.9 Å². The first-order valence-corrected chi connectivity index (χ1v) is 8.35. The molecular formula is C19H20ClF2N3O2. The van der Waals surface area contributed by atoms with E-state index in [0.29, 0.717) is 30.6 Å². The molecule has 3 N–H and O–H groups in total. The summed E-state index contributed by atoms with van der Waals surface area (Å²) in [5.74, 6) is -1.79. The van der Waals surface area contributed by atoms with E-state index in [2.05, 4.69) is 16.0 Å². The molecule has 0 aromatic heterocycles. The summed E-state index contributed by atoms with van der Waals surface area (Å²) in [5.41, 5.74) is 2.11. The predicted molar refractivity (Wildman–Crippen MR) is 101 cm³/mol. The number of amides is 2. The van der Waals surface area contributed by atoms with E-state index in [4.69, 9.17) is 0 Å². The molecule has 27 heavy (non-hydrogen) atoms. The highest BCUT2D eigenvalue weighted by molar-refractivity contribution is 5.95. The maximum atomic E-state index is 14.5. The molecular weight excluding hydrogens is 376 g/mol. The molecule has 0 atom stereocenters. The Labute approximate surface area is 161 Å². The lowest BCUT2D eigenvalue weighted by molar-refractivity contribution is -0.123. The van der Waals surface area contributed by atoms with Gasteiger partial charge in [0.15, 0.2) is 0 Å². The number of carbonyl (C=O) groups excluding carboxylic acids is 2. The lowest BCUT2D eigenvalue weighted by Gasteiger charge is -2.19. The van der Waals surface area contributed by atoms with Gasteiger partial charge in [-0.1, -0.05) is 18.2 Å². The number of fused-ring (bicyclic) bond motifs is 1. The molecule has 0 aliphatic carbocycles. The third kappa shape index (κ3) is 5.48. The van der Waals surface area contributed by atoms with Crippen LogP contribution in [0, 0.1) is 11.6 Å². The van der Waals surface area contributed by atoms with Gasteiger partial charge in [-0.3, -0.25) is 9.59 Å². The number of hydrogen-bond donors (Lipinski definition) is 3. The minimum absolute atomic E-state index is 0. The first-order chi connectivity index (χ1) is 12.5. The molecule has 0 bridgehead atoms. The van der Waals surface area contributed by atoms with E-state index in [-0.39, 0.29) is 31.1 Å². The minimum Gasteiger partial charge on any atom is -0.347 e. The van der Waals surface area contributed by atoms with Crippen LogP contribution >= 0.6 is 12.4 Å². The van der Waals surface area contributed by atoms with Gasteiger partial charge in [0.1, 0.15) is 11.6 Å². The second-order valence-corrected chi connectivity index (χ2v) is 6.12. The largest absolute Gasteiger partial charge is 0.347 e. The van der Waals surface area contributed by atoms with Crippen LogP contribution in [0.3, 0.4) is 0 Å². The Hall–Kier alpha value is -2.51. The Morgan fingerprint density at radius 2 is 1.93 bits per heavy atom. The number of hydrogen-bond acceptors (Lipinski definition) is 3. The van der Waals surface area contributed by atoms with Gasteiger partial charge in [0.2, 0.25) is 11.8 Å². The Bertz CT molecular complexity index is 846. The topological polar surface area (TPSA) is 70.2 Å². The molecule has 0 radical (unpaired) electrons. The van der Waals surface area contributed by atoms with E-state index in [1.165, 1.54) is 24.3 Å². The van der Waals surface area contributed by atoms with Crippen molar-refractivity contribution in [2.45, 2.75) is 19.4 Å². The number of halogens is 3. The number of rotatable bonds is 5.